The predicted molar refractivity (Wildman–Crippen MR) is 90.5 cm³/mol. The van der Waals surface area contributed by atoms with Gasteiger partial charge in [0.2, 0.25) is 0 Å². The Bertz CT molecular complexity index is 559. The Morgan fingerprint density at radius 2 is 2.09 bits per heavy atom. The molecule has 130 valence electrons. The van der Waals surface area contributed by atoms with Crippen molar-refractivity contribution in [3.05, 3.63) is 17.5 Å². The quantitative estimate of drug-likeness (QED) is 0.912. The molecule has 0 radical (unpaired) electrons. The average Bonchev–Trinajstić information content (AvgIpc) is 2.78. The van der Waals surface area contributed by atoms with Crippen molar-refractivity contribution in [2.45, 2.75) is 52.2 Å². The first kappa shape index (κ1) is 17.9. The Balaban J connectivity index is 2.05. The standard InChI is InChI=1S/C17H30N4O2/c1-12(2)15-9-14(18-19(15)6)16(22)21-8-7-20(10-13(21)3)11-17(4,5)23/h9,12-13,23H,7-8,10-11H2,1-6H3. The predicted octanol–water partition coefficient (Wildman–Crippen LogP) is 1.46. The van der Waals surface area contributed by atoms with Crippen molar-refractivity contribution < 1.29 is 9.90 Å². The molecule has 2 heterocycles. The fourth-order valence-electron chi connectivity index (χ4n) is 3.30. The minimum atomic E-state index is -0.709. The van der Waals surface area contributed by atoms with Crippen LogP contribution in [0.25, 0.3) is 0 Å². The summed E-state index contributed by atoms with van der Waals surface area (Å²) in [4.78, 5) is 16.9. The summed E-state index contributed by atoms with van der Waals surface area (Å²) in [7, 11) is 1.89. The molecule has 23 heavy (non-hydrogen) atoms. The molecule has 0 bridgehead atoms. The van der Waals surface area contributed by atoms with Crippen LogP contribution < -0.4 is 0 Å². The van der Waals surface area contributed by atoms with Gasteiger partial charge in [-0.1, -0.05) is 13.8 Å². The van der Waals surface area contributed by atoms with E-state index in [0.717, 1.165) is 18.8 Å². The lowest BCUT2D eigenvalue weighted by atomic mass is 10.1. The molecule has 1 aromatic heterocycles. The van der Waals surface area contributed by atoms with Gasteiger partial charge in [-0.2, -0.15) is 5.10 Å². The number of nitrogens with zero attached hydrogens (tertiary/aromatic N) is 4. The van der Waals surface area contributed by atoms with Gasteiger partial charge in [-0.3, -0.25) is 14.4 Å². The Morgan fingerprint density at radius 1 is 1.43 bits per heavy atom. The number of hydrogen-bond donors (Lipinski definition) is 1. The minimum absolute atomic E-state index is 0.00269. The summed E-state index contributed by atoms with van der Waals surface area (Å²) in [6.45, 7) is 12.7. The van der Waals surface area contributed by atoms with Gasteiger partial charge in [0.1, 0.15) is 0 Å². The normalized spacial score (nSPS) is 20.3. The van der Waals surface area contributed by atoms with Crippen LogP contribution in [0.4, 0.5) is 0 Å². The van der Waals surface area contributed by atoms with Crippen molar-refractivity contribution in [2.75, 3.05) is 26.2 Å². The summed E-state index contributed by atoms with van der Waals surface area (Å²) in [6, 6.07) is 2.02. The molecule has 0 spiro atoms. The molecule has 1 fully saturated rings. The number of β-amino-alcohol motifs (C(OH)–C–C–N with tert-alkyl or cyclic N) is 1. The second kappa shape index (κ2) is 6.61. The van der Waals surface area contributed by atoms with E-state index in [9.17, 15) is 9.90 Å². The highest BCUT2D eigenvalue weighted by Gasteiger charge is 2.31. The first-order valence-corrected chi connectivity index (χ1v) is 8.38. The summed E-state index contributed by atoms with van der Waals surface area (Å²) < 4.78 is 1.80. The number of amides is 1. The first-order valence-electron chi connectivity index (χ1n) is 8.38. The number of hydrogen-bond acceptors (Lipinski definition) is 4. The highest BCUT2D eigenvalue weighted by molar-refractivity contribution is 5.92. The van der Waals surface area contributed by atoms with Crippen LogP contribution in [0.2, 0.25) is 0 Å². The third kappa shape index (κ3) is 4.32. The molecular weight excluding hydrogens is 292 g/mol. The zero-order valence-electron chi connectivity index (χ0n) is 15.2. The number of aromatic nitrogens is 2. The summed E-state index contributed by atoms with van der Waals surface area (Å²) in [5.74, 6) is 0.345. The van der Waals surface area contributed by atoms with Crippen molar-refractivity contribution in [1.29, 1.82) is 0 Å². The van der Waals surface area contributed by atoms with Gasteiger partial charge in [0, 0.05) is 45.0 Å². The van der Waals surface area contributed by atoms with Crippen molar-refractivity contribution in [2.24, 2.45) is 7.05 Å². The van der Waals surface area contributed by atoms with Crippen LogP contribution in [0.5, 0.6) is 0 Å². The summed E-state index contributed by atoms with van der Waals surface area (Å²) in [5.41, 5.74) is 0.889. The maximum Gasteiger partial charge on any atom is 0.274 e. The van der Waals surface area contributed by atoms with Gasteiger partial charge in [-0.25, -0.2) is 0 Å². The van der Waals surface area contributed by atoms with Crippen LogP contribution in [0.15, 0.2) is 6.07 Å². The van der Waals surface area contributed by atoms with Crippen molar-refractivity contribution >= 4 is 5.91 Å². The smallest absolute Gasteiger partial charge is 0.274 e. The number of carbonyl (C=O) groups is 1. The number of aryl methyl sites for hydroxylation is 1. The molecule has 0 aromatic carbocycles. The molecular formula is C17H30N4O2. The van der Waals surface area contributed by atoms with Crippen LogP contribution in [0.3, 0.4) is 0 Å². The molecule has 0 aliphatic carbocycles. The van der Waals surface area contributed by atoms with Crippen LogP contribution in [0.1, 0.15) is 56.7 Å². The number of aliphatic hydroxyl groups is 1. The summed E-state index contributed by atoms with van der Waals surface area (Å²) in [5, 5.41) is 14.4. The lowest BCUT2D eigenvalue weighted by Crippen LogP contribution is -2.56. The van der Waals surface area contributed by atoms with Gasteiger partial charge < -0.3 is 10.0 Å². The second-order valence-electron chi connectivity index (χ2n) is 7.63. The third-order valence-corrected chi connectivity index (χ3v) is 4.31. The highest BCUT2D eigenvalue weighted by Crippen LogP contribution is 2.19. The lowest BCUT2D eigenvalue weighted by molar-refractivity contribution is 0.00559. The van der Waals surface area contributed by atoms with Gasteiger partial charge in [0.05, 0.1) is 5.60 Å². The fourth-order valence-corrected chi connectivity index (χ4v) is 3.30. The molecule has 1 atom stereocenters. The van der Waals surface area contributed by atoms with Crippen LogP contribution in [0, 0.1) is 0 Å². The van der Waals surface area contributed by atoms with E-state index in [0.29, 0.717) is 24.7 Å². The average molecular weight is 322 g/mol. The Morgan fingerprint density at radius 3 is 2.57 bits per heavy atom. The van der Waals surface area contributed by atoms with Crippen molar-refractivity contribution in [3.8, 4) is 0 Å². The summed E-state index contributed by atoms with van der Waals surface area (Å²) >= 11 is 0. The van der Waals surface area contributed by atoms with E-state index in [1.165, 1.54) is 0 Å². The number of carbonyl (C=O) groups excluding carboxylic acids is 1. The van der Waals surface area contributed by atoms with E-state index >= 15 is 0 Å². The second-order valence-corrected chi connectivity index (χ2v) is 7.63. The van der Waals surface area contributed by atoms with Gasteiger partial charge in [0.15, 0.2) is 5.69 Å². The third-order valence-electron chi connectivity index (χ3n) is 4.31. The Labute approximate surface area is 139 Å². The molecule has 1 aliphatic rings. The zero-order chi connectivity index (χ0) is 17.4. The van der Waals surface area contributed by atoms with Gasteiger partial charge in [0.25, 0.3) is 5.91 Å². The number of piperazine rings is 1. The maximum absolute atomic E-state index is 12.8. The molecule has 0 saturated carbocycles. The van der Waals surface area contributed by atoms with Gasteiger partial charge >= 0.3 is 0 Å². The molecule has 1 saturated heterocycles. The van der Waals surface area contributed by atoms with E-state index in [1.807, 2.05) is 31.9 Å². The van der Waals surface area contributed by atoms with E-state index in [-0.39, 0.29) is 11.9 Å². The highest BCUT2D eigenvalue weighted by atomic mass is 16.3. The lowest BCUT2D eigenvalue weighted by Gasteiger charge is -2.41. The van der Waals surface area contributed by atoms with E-state index in [1.54, 1.807) is 4.68 Å². The summed E-state index contributed by atoms with van der Waals surface area (Å²) in [6.07, 6.45) is 0. The largest absolute Gasteiger partial charge is 0.389 e. The molecule has 1 amide bonds. The molecule has 6 heteroatoms. The van der Waals surface area contributed by atoms with Gasteiger partial charge in [-0.05, 0) is 32.8 Å². The Kier molecular flexibility index (Phi) is 5.16. The molecule has 1 N–H and O–H groups in total. The van der Waals surface area contributed by atoms with Crippen LogP contribution >= 0.6 is 0 Å². The molecule has 1 aromatic rings. The maximum atomic E-state index is 12.8. The van der Waals surface area contributed by atoms with E-state index in [2.05, 4.69) is 30.8 Å². The molecule has 1 unspecified atom stereocenters. The van der Waals surface area contributed by atoms with Crippen LogP contribution in [-0.4, -0.2) is 68.4 Å². The minimum Gasteiger partial charge on any atom is -0.389 e. The van der Waals surface area contributed by atoms with E-state index in [4.69, 9.17) is 0 Å². The monoisotopic (exact) mass is 322 g/mol. The fraction of sp³-hybridized carbons (Fsp3) is 0.765. The van der Waals surface area contributed by atoms with Gasteiger partial charge in [-0.15, -0.1) is 0 Å². The molecule has 6 nitrogen and oxygen atoms in total. The molecule has 2 rings (SSSR count). The van der Waals surface area contributed by atoms with Crippen molar-refractivity contribution in [3.63, 3.8) is 0 Å². The van der Waals surface area contributed by atoms with Crippen molar-refractivity contribution in [1.82, 2.24) is 19.6 Å². The number of rotatable bonds is 4. The topological polar surface area (TPSA) is 61.6 Å². The Hall–Kier alpha value is -1.40. The first-order chi connectivity index (χ1) is 10.6. The zero-order valence-corrected chi connectivity index (χ0v) is 15.2. The van der Waals surface area contributed by atoms with Crippen LogP contribution in [-0.2, 0) is 7.05 Å². The molecule has 1 aliphatic heterocycles. The van der Waals surface area contributed by atoms with E-state index < -0.39 is 5.60 Å². The SMILES string of the molecule is CC(C)c1cc(C(=O)N2CCN(CC(C)(C)O)CC2C)nn1C.